The van der Waals surface area contributed by atoms with E-state index < -0.39 is 0 Å². The van der Waals surface area contributed by atoms with Gasteiger partial charge in [-0.2, -0.15) is 0 Å². The summed E-state index contributed by atoms with van der Waals surface area (Å²) in [6.07, 6.45) is 0. The van der Waals surface area contributed by atoms with Gasteiger partial charge in [0.2, 0.25) is 0 Å². The highest BCUT2D eigenvalue weighted by Gasteiger charge is 2.07. The second-order valence-corrected chi connectivity index (χ2v) is 5.20. The van der Waals surface area contributed by atoms with Gasteiger partial charge in [0.1, 0.15) is 11.5 Å². The Morgan fingerprint density at radius 1 is 1.06 bits per heavy atom. The van der Waals surface area contributed by atoms with Gasteiger partial charge in [0, 0.05) is 9.40 Å². The average Bonchev–Trinajstić information content (AvgIpc) is 2.93. The van der Waals surface area contributed by atoms with Crippen LogP contribution in [0.3, 0.4) is 0 Å². The molecule has 0 saturated carbocycles. The molecule has 0 radical (unpaired) electrons. The molecule has 0 saturated heterocycles. The van der Waals surface area contributed by atoms with E-state index in [4.69, 9.17) is 4.42 Å². The lowest BCUT2D eigenvalue weighted by Crippen LogP contribution is -1.61. The molecule has 0 fully saturated rings. The fourth-order valence-corrected chi connectivity index (χ4v) is 3.52. The fraction of sp³-hybridized carbons (Fsp3) is 0.231. The zero-order valence-corrected chi connectivity index (χ0v) is 11.2. The van der Waals surface area contributed by atoms with E-state index in [1.807, 2.05) is 32.9 Å². The molecular weight excluding hydrogens is 236 g/mol. The highest BCUT2D eigenvalue weighted by Crippen LogP contribution is 2.36. The summed E-state index contributed by atoms with van der Waals surface area (Å²) in [7, 11) is 0. The van der Waals surface area contributed by atoms with Crippen molar-refractivity contribution in [3.05, 3.63) is 35.4 Å². The summed E-state index contributed by atoms with van der Waals surface area (Å²) in [6.45, 7) is 5.97. The van der Waals surface area contributed by atoms with Gasteiger partial charge in [0.15, 0.2) is 0 Å². The van der Waals surface area contributed by atoms with Gasteiger partial charge in [0.05, 0.1) is 4.88 Å². The number of fused-ring (bicyclic) bond motifs is 1. The molecule has 0 aliphatic rings. The highest BCUT2D eigenvalue weighted by molar-refractivity contribution is 7.28. The average molecular weight is 250 g/mol. The number of rotatable bonds is 1. The molecule has 0 atom stereocenters. The fourth-order valence-electron chi connectivity index (χ4n) is 1.45. The van der Waals surface area contributed by atoms with Crippen molar-refractivity contribution >= 4 is 32.1 Å². The molecule has 3 aromatic heterocycles. The Balaban J connectivity index is 0.000000457. The Labute approximate surface area is 103 Å². The van der Waals surface area contributed by atoms with E-state index in [0.717, 1.165) is 11.5 Å². The van der Waals surface area contributed by atoms with Crippen LogP contribution >= 0.6 is 22.7 Å². The smallest absolute Gasteiger partial charge is 0.144 e. The lowest BCUT2D eigenvalue weighted by Gasteiger charge is -1.87. The van der Waals surface area contributed by atoms with E-state index in [-0.39, 0.29) is 0 Å². The standard InChI is InChI=1S/C11H8OS2.C2H6/c1-7-2-3-8(12-7)10-6-11-9(14-10)4-5-13-11;1-2/h2-6H,1H3;1-2H3. The van der Waals surface area contributed by atoms with Crippen molar-refractivity contribution in [1.29, 1.82) is 0 Å². The van der Waals surface area contributed by atoms with Crippen molar-refractivity contribution in [2.24, 2.45) is 0 Å². The molecule has 0 aliphatic heterocycles. The minimum absolute atomic E-state index is 0.969. The van der Waals surface area contributed by atoms with Crippen LogP contribution in [0, 0.1) is 6.92 Å². The molecule has 0 aromatic carbocycles. The first kappa shape index (κ1) is 11.4. The van der Waals surface area contributed by atoms with Crippen LogP contribution in [0.1, 0.15) is 19.6 Å². The highest BCUT2D eigenvalue weighted by atomic mass is 32.1. The summed E-state index contributed by atoms with van der Waals surface area (Å²) in [5, 5.41) is 2.12. The molecule has 16 heavy (non-hydrogen) atoms. The maximum absolute atomic E-state index is 5.58. The predicted octanol–water partition coefficient (Wildman–Crippen LogP) is 5.56. The van der Waals surface area contributed by atoms with E-state index in [0.29, 0.717) is 0 Å². The van der Waals surface area contributed by atoms with Gasteiger partial charge in [-0.3, -0.25) is 0 Å². The van der Waals surface area contributed by atoms with E-state index >= 15 is 0 Å². The van der Waals surface area contributed by atoms with Crippen molar-refractivity contribution in [3.63, 3.8) is 0 Å². The first-order valence-electron chi connectivity index (χ1n) is 5.37. The molecule has 3 rings (SSSR count). The van der Waals surface area contributed by atoms with E-state index in [9.17, 15) is 0 Å². The molecule has 0 aliphatic carbocycles. The maximum Gasteiger partial charge on any atom is 0.144 e. The summed E-state index contributed by atoms with van der Waals surface area (Å²) < 4.78 is 8.28. The zero-order chi connectivity index (χ0) is 11.5. The van der Waals surface area contributed by atoms with Crippen LogP contribution in [0.2, 0.25) is 0 Å². The molecule has 3 aromatic rings. The Morgan fingerprint density at radius 2 is 1.88 bits per heavy atom. The van der Waals surface area contributed by atoms with Crippen LogP contribution in [0.5, 0.6) is 0 Å². The Kier molecular flexibility index (Phi) is 3.46. The third-order valence-electron chi connectivity index (χ3n) is 2.12. The molecule has 1 nitrogen and oxygen atoms in total. The van der Waals surface area contributed by atoms with Crippen molar-refractivity contribution in [2.75, 3.05) is 0 Å². The van der Waals surface area contributed by atoms with Gasteiger partial charge < -0.3 is 4.42 Å². The quantitative estimate of drug-likeness (QED) is 0.551. The minimum atomic E-state index is 0.969. The lowest BCUT2D eigenvalue weighted by molar-refractivity contribution is 0.549. The third-order valence-corrected chi connectivity index (χ3v) is 4.23. The van der Waals surface area contributed by atoms with Gasteiger partial charge in [-0.05, 0) is 36.6 Å². The van der Waals surface area contributed by atoms with Crippen LogP contribution in [-0.4, -0.2) is 0 Å². The Hall–Kier alpha value is -1.06. The first-order valence-corrected chi connectivity index (χ1v) is 7.06. The minimum Gasteiger partial charge on any atom is -0.461 e. The maximum atomic E-state index is 5.58. The lowest BCUT2D eigenvalue weighted by atomic mass is 10.3. The number of hydrogen-bond donors (Lipinski definition) is 0. The second-order valence-electron chi connectivity index (χ2n) is 3.17. The normalized spacial score (nSPS) is 10.2. The van der Waals surface area contributed by atoms with E-state index in [1.54, 1.807) is 22.7 Å². The number of hydrogen-bond acceptors (Lipinski definition) is 3. The molecular formula is C13H14OS2. The number of thiophene rings is 2. The molecule has 3 heteroatoms. The van der Waals surface area contributed by atoms with Crippen LogP contribution in [-0.2, 0) is 0 Å². The number of aryl methyl sites for hydroxylation is 1. The van der Waals surface area contributed by atoms with Crippen LogP contribution in [0.25, 0.3) is 20.0 Å². The van der Waals surface area contributed by atoms with Crippen molar-refractivity contribution in [1.82, 2.24) is 0 Å². The summed E-state index contributed by atoms with van der Waals surface area (Å²) in [6, 6.07) is 8.39. The summed E-state index contributed by atoms with van der Waals surface area (Å²) in [4.78, 5) is 1.22. The molecule has 0 spiro atoms. The van der Waals surface area contributed by atoms with Gasteiger partial charge >= 0.3 is 0 Å². The predicted molar refractivity (Wildman–Crippen MR) is 73.5 cm³/mol. The molecule has 0 unspecified atom stereocenters. The third kappa shape index (κ3) is 2.06. The SMILES string of the molecule is CC.Cc1ccc(-c2cc3sccc3s2)o1. The van der Waals surface area contributed by atoms with E-state index in [2.05, 4.69) is 17.5 Å². The zero-order valence-electron chi connectivity index (χ0n) is 9.61. The molecule has 0 amide bonds. The largest absolute Gasteiger partial charge is 0.461 e. The van der Waals surface area contributed by atoms with Crippen molar-refractivity contribution in [2.45, 2.75) is 20.8 Å². The summed E-state index contributed by atoms with van der Waals surface area (Å²) in [5.74, 6) is 1.95. The molecule has 84 valence electrons. The van der Waals surface area contributed by atoms with Crippen molar-refractivity contribution < 1.29 is 4.42 Å². The van der Waals surface area contributed by atoms with Crippen LogP contribution < -0.4 is 0 Å². The Bertz CT molecular complexity index is 543. The molecule has 0 N–H and O–H groups in total. The second kappa shape index (κ2) is 4.85. The van der Waals surface area contributed by atoms with Gasteiger partial charge in [-0.25, -0.2) is 0 Å². The molecule has 0 bridgehead atoms. The first-order chi connectivity index (χ1) is 7.83. The molecule has 3 heterocycles. The van der Waals surface area contributed by atoms with E-state index in [1.165, 1.54) is 14.3 Å². The topological polar surface area (TPSA) is 13.1 Å². The Morgan fingerprint density at radius 3 is 2.50 bits per heavy atom. The van der Waals surface area contributed by atoms with Gasteiger partial charge in [-0.1, -0.05) is 13.8 Å². The summed E-state index contributed by atoms with van der Waals surface area (Å²) >= 11 is 3.57. The van der Waals surface area contributed by atoms with Crippen LogP contribution in [0.4, 0.5) is 0 Å². The van der Waals surface area contributed by atoms with Crippen molar-refractivity contribution in [3.8, 4) is 10.6 Å². The van der Waals surface area contributed by atoms with Gasteiger partial charge in [0.25, 0.3) is 0 Å². The monoisotopic (exact) mass is 250 g/mol. The van der Waals surface area contributed by atoms with Gasteiger partial charge in [-0.15, -0.1) is 22.7 Å². The number of furan rings is 1. The summed E-state index contributed by atoms with van der Waals surface area (Å²) in [5.41, 5.74) is 0. The van der Waals surface area contributed by atoms with Crippen LogP contribution in [0.15, 0.2) is 34.1 Å².